The van der Waals surface area contributed by atoms with Crippen molar-refractivity contribution in [2.24, 2.45) is 0 Å². The molecular formula is C18H27ClO. The molecule has 0 saturated carbocycles. The third kappa shape index (κ3) is 4.02. The number of hydrogen-bond acceptors (Lipinski definition) is 1. The van der Waals surface area contributed by atoms with Crippen LogP contribution in [0.25, 0.3) is 0 Å². The number of allylic oxidation sites excluding steroid dienone is 2. The van der Waals surface area contributed by atoms with Crippen LogP contribution in [-0.2, 0) is 0 Å². The summed E-state index contributed by atoms with van der Waals surface area (Å²) in [5, 5.41) is 0.846. The zero-order valence-corrected chi connectivity index (χ0v) is 14.2. The molecule has 0 saturated heterocycles. The highest BCUT2D eigenvalue weighted by Crippen LogP contribution is 2.40. The van der Waals surface area contributed by atoms with Crippen molar-refractivity contribution in [3.63, 3.8) is 0 Å². The molecular weight excluding hydrogens is 268 g/mol. The minimum Gasteiger partial charge on any atom is -0.496 e. The van der Waals surface area contributed by atoms with Crippen LogP contribution in [0.4, 0.5) is 0 Å². The van der Waals surface area contributed by atoms with Gasteiger partial charge in [-0.2, -0.15) is 0 Å². The number of hydrogen-bond donors (Lipinski definition) is 0. The number of rotatable bonds is 7. The lowest BCUT2D eigenvalue weighted by atomic mass is 9.86. The van der Waals surface area contributed by atoms with Crippen LogP contribution in [-0.4, -0.2) is 7.11 Å². The van der Waals surface area contributed by atoms with E-state index in [9.17, 15) is 0 Å². The van der Waals surface area contributed by atoms with E-state index in [-0.39, 0.29) is 0 Å². The maximum Gasteiger partial charge on any atom is 0.125 e. The molecule has 1 aromatic rings. The van der Waals surface area contributed by atoms with Gasteiger partial charge >= 0.3 is 0 Å². The summed E-state index contributed by atoms with van der Waals surface area (Å²) >= 11 is 6.38. The smallest absolute Gasteiger partial charge is 0.125 e. The molecule has 0 aromatic heterocycles. The maximum absolute atomic E-state index is 6.38. The van der Waals surface area contributed by atoms with Crippen molar-refractivity contribution in [2.75, 3.05) is 7.11 Å². The number of ether oxygens (including phenoxy) is 1. The molecule has 0 spiro atoms. The van der Waals surface area contributed by atoms with Crippen molar-refractivity contribution in [2.45, 2.75) is 59.3 Å². The summed E-state index contributed by atoms with van der Waals surface area (Å²) in [4.78, 5) is 0. The first-order valence-electron chi connectivity index (χ1n) is 7.55. The fraction of sp³-hybridized carbons (Fsp3) is 0.556. The predicted octanol–water partition coefficient (Wildman–Crippen LogP) is 6.21. The summed E-state index contributed by atoms with van der Waals surface area (Å²) in [6, 6.07) is 2.00. The predicted molar refractivity (Wildman–Crippen MR) is 89.2 cm³/mol. The highest BCUT2D eigenvalue weighted by molar-refractivity contribution is 6.31. The molecule has 1 aromatic carbocycles. The van der Waals surface area contributed by atoms with Gasteiger partial charge in [-0.15, -0.1) is 0 Å². The molecule has 1 unspecified atom stereocenters. The molecule has 1 atom stereocenters. The summed E-state index contributed by atoms with van der Waals surface area (Å²) in [5.74, 6) is 1.49. The van der Waals surface area contributed by atoms with Gasteiger partial charge in [0.2, 0.25) is 0 Å². The third-order valence-corrected chi connectivity index (χ3v) is 4.17. The Kier molecular flexibility index (Phi) is 7.15. The minimum atomic E-state index is 0.482. The minimum absolute atomic E-state index is 0.482. The van der Waals surface area contributed by atoms with E-state index >= 15 is 0 Å². The number of halogens is 1. The Labute approximate surface area is 129 Å². The second-order valence-corrected chi connectivity index (χ2v) is 5.76. The van der Waals surface area contributed by atoms with Gasteiger partial charge in [0.1, 0.15) is 5.75 Å². The molecule has 0 N–H and O–H groups in total. The van der Waals surface area contributed by atoms with Crippen molar-refractivity contribution in [3.8, 4) is 5.75 Å². The van der Waals surface area contributed by atoms with Crippen molar-refractivity contribution in [1.29, 1.82) is 0 Å². The van der Waals surface area contributed by atoms with Gasteiger partial charge in [-0.05, 0) is 56.2 Å². The molecule has 1 nitrogen and oxygen atoms in total. The van der Waals surface area contributed by atoms with Crippen molar-refractivity contribution in [1.82, 2.24) is 0 Å². The zero-order chi connectivity index (χ0) is 15.1. The molecule has 0 heterocycles. The number of methoxy groups -OCH3 is 1. The monoisotopic (exact) mass is 294 g/mol. The van der Waals surface area contributed by atoms with Crippen LogP contribution in [0.15, 0.2) is 18.2 Å². The fourth-order valence-electron chi connectivity index (χ4n) is 2.79. The Morgan fingerprint density at radius 1 is 1.25 bits per heavy atom. The van der Waals surface area contributed by atoms with E-state index in [0.717, 1.165) is 41.2 Å². The van der Waals surface area contributed by atoms with Gasteiger partial charge in [-0.3, -0.25) is 0 Å². The lowest BCUT2D eigenvalue weighted by Gasteiger charge is -2.23. The van der Waals surface area contributed by atoms with Crippen molar-refractivity contribution in [3.05, 3.63) is 39.9 Å². The Balaban J connectivity index is 3.26. The number of aryl methyl sites for hydroxylation is 1. The highest BCUT2D eigenvalue weighted by atomic mass is 35.5. The van der Waals surface area contributed by atoms with Gasteiger partial charge < -0.3 is 4.74 Å². The third-order valence-electron chi connectivity index (χ3n) is 3.78. The first-order valence-corrected chi connectivity index (χ1v) is 7.93. The Morgan fingerprint density at radius 3 is 2.50 bits per heavy atom. The van der Waals surface area contributed by atoms with Gasteiger partial charge in [0.25, 0.3) is 0 Å². The average Bonchev–Trinajstić information content (AvgIpc) is 2.42. The SMILES string of the molecule is CC/C=C\CC(CCC)c1c(C)c(Cl)cc(C)c1OC. The summed E-state index contributed by atoms with van der Waals surface area (Å²) in [7, 11) is 1.75. The molecule has 0 amide bonds. The highest BCUT2D eigenvalue weighted by Gasteiger charge is 2.20. The Morgan fingerprint density at radius 2 is 1.95 bits per heavy atom. The Bertz CT molecular complexity index is 463. The van der Waals surface area contributed by atoms with Crippen LogP contribution in [0.1, 0.15) is 62.1 Å². The van der Waals surface area contributed by atoms with Gasteiger partial charge in [-0.25, -0.2) is 0 Å². The van der Waals surface area contributed by atoms with Gasteiger partial charge in [-0.1, -0.05) is 44.0 Å². The zero-order valence-electron chi connectivity index (χ0n) is 13.4. The van der Waals surface area contributed by atoms with E-state index in [1.165, 1.54) is 12.0 Å². The fourth-order valence-corrected chi connectivity index (χ4v) is 3.06. The van der Waals surface area contributed by atoms with Gasteiger partial charge in [0.05, 0.1) is 7.11 Å². The van der Waals surface area contributed by atoms with E-state index in [0.29, 0.717) is 5.92 Å². The Hall–Kier alpha value is -0.950. The average molecular weight is 295 g/mol. The summed E-state index contributed by atoms with van der Waals surface area (Å²) in [5.41, 5.74) is 3.58. The van der Waals surface area contributed by atoms with E-state index in [2.05, 4.69) is 39.8 Å². The first kappa shape index (κ1) is 17.1. The summed E-state index contributed by atoms with van der Waals surface area (Å²) in [6.07, 6.45) is 8.99. The van der Waals surface area contributed by atoms with Crippen molar-refractivity contribution >= 4 is 11.6 Å². The van der Waals surface area contributed by atoms with E-state index in [1.54, 1.807) is 7.11 Å². The lowest BCUT2D eigenvalue weighted by molar-refractivity contribution is 0.399. The lowest BCUT2D eigenvalue weighted by Crippen LogP contribution is -2.05. The summed E-state index contributed by atoms with van der Waals surface area (Å²) < 4.78 is 5.66. The largest absolute Gasteiger partial charge is 0.496 e. The molecule has 112 valence electrons. The molecule has 2 heteroatoms. The molecule has 0 bridgehead atoms. The van der Waals surface area contributed by atoms with E-state index in [4.69, 9.17) is 16.3 Å². The van der Waals surface area contributed by atoms with Crippen molar-refractivity contribution < 1.29 is 4.74 Å². The summed E-state index contributed by atoms with van der Waals surface area (Å²) in [6.45, 7) is 8.57. The van der Waals surface area contributed by atoms with Gasteiger partial charge in [0, 0.05) is 10.6 Å². The maximum atomic E-state index is 6.38. The molecule has 0 radical (unpaired) electrons. The standard InChI is InChI=1S/C18H27ClO/c1-6-8-9-11-15(10-7-2)17-14(4)16(19)12-13(3)18(17)20-5/h8-9,12,15H,6-7,10-11H2,1-5H3/b9-8-. The second-order valence-electron chi connectivity index (χ2n) is 5.35. The van der Waals surface area contributed by atoms with Gasteiger partial charge in [0.15, 0.2) is 0 Å². The van der Waals surface area contributed by atoms with E-state index < -0.39 is 0 Å². The molecule has 0 fully saturated rings. The second kappa shape index (κ2) is 8.36. The number of benzene rings is 1. The molecule has 1 rings (SSSR count). The first-order chi connectivity index (χ1) is 9.56. The molecule has 0 aliphatic heterocycles. The topological polar surface area (TPSA) is 9.23 Å². The van der Waals surface area contributed by atoms with Crippen LogP contribution in [0.2, 0.25) is 5.02 Å². The molecule has 0 aliphatic rings. The van der Waals surface area contributed by atoms with Crippen LogP contribution in [0, 0.1) is 13.8 Å². The molecule has 20 heavy (non-hydrogen) atoms. The normalized spacial score (nSPS) is 12.9. The van der Waals surface area contributed by atoms with Crippen LogP contribution < -0.4 is 4.74 Å². The quantitative estimate of drug-likeness (QED) is 0.544. The van der Waals surface area contributed by atoms with Crippen LogP contribution in [0.3, 0.4) is 0 Å². The molecule has 0 aliphatic carbocycles. The van der Waals surface area contributed by atoms with E-state index in [1.807, 2.05) is 6.07 Å². The van der Waals surface area contributed by atoms with Crippen LogP contribution in [0.5, 0.6) is 5.75 Å². The van der Waals surface area contributed by atoms with Crippen LogP contribution >= 0.6 is 11.6 Å².